The van der Waals surface area contributed by atoms with E-state index in [2.05, 4.69) is 32.9 Å². The number of hydrogen-bond acceptors (Lipinski definition) is 2. The predicted molar refractivity (Wildman–Crippen MR) is 73.1 cm³/mol. The van der Waals surface area contributed by atoms with Gasteiger partial charge < -0.3 is 0 Å². The highest BCUT2D eigenvalue weighted by Gasteiger charge is 2.62. The molecule has 1 aliphatic heterocycles. The van der Waals surface area contributed by atoms with Gasteiger partial charge >= 0.3 is 0 Å². The number of nitrogens with zero attached hydrogens (tertiary/aromatic N) is 1. The Morgan fingerprint density at radius 1 is 0.947 bits per heavy atom. The molecule has 3 heteroatoms. The van der Waals surface area contributed by atoms with Crippen LogP contribution in [0.2, 0.25) is 0 Å². The first-order chi connectivity index (χ1) is 8.66. The molecule has 0 N–H and O–H groups in total. The van der Waals surface area contributed by atoms with Crippen molar-refractivity contribution in [2.45, 2.75) is 46.6 Å². The van der Waals surface area contributed by atoms with E-state index in [0.29, 0.717) is 11.8 Å². The van der Waals surface area contributed by atoms with Crippen LogP contribution < -0.4 is 0 Å². The van der Waals surface area contributed by atoms with Gasteiger partial charge in [-0.15, -0.1) is 0 Å². The first-order valence-electron chi connectivity index (χ1n) is 7.22. The molecule has 2 fully saturated rings. The molecule has 104 valence electrons. The minimum atomic E-state index is -0.440. The number of carbonyl (C=O) groups is 2. The van der Waals surface area contributed by atoms with E-state index in [0.717, 1.165) is 6.42 Å². The van der Waals surface area contributed by atoms with E-state index in [1.807, 2.05) is 13.8 Å². The van der Waals surface area contributed by atoms with Crippen molar-refractivity contribution < 1.29 is 9.59 Å². The number of amides is 2. The van der Waals surface area contributed by atoms with E-state index in [4.69, 9.17) is 0 Å². The van der Waals surface area contributed by atoms with E-state index >= 15 is 0 Å². The van der Waals surface area contributed by atoms with Gasteiger partial charge in [-0.1, -0.05) is 32.9 Å². The van der Waals surface area contributed by atoms with Gasteiger partial charge in [-0.3, -0.25) is 14.5 Å². The highest BCUT2D eigenvalue weighted by Crippen LogP contribution is 2.54. The summed E-state index contributed by atoms with van der Waals surface area (Å²) >= 11 is 0. The van der Waals surface area contributed by atoms with E-state index in [1.54, 1.807) is 4.90 Å². The van der Waals surface area contributed by atoms with Gasteiger partial charge in [0.15, 0.2) is 0 Å². The van der Waals surface area contributed by atoms with Crippen molar-refractivity contribution in [1.82, 2.24) is 4.90 Å². The maximum atomic E-state index is 12.8. The van der Waals surface area contributed by atoms with Crippen molar-refractivity contribution in [3.8, 4) is 0 Å². The second kappa shape index (κ2) is 3.50. The molecule has 3 nitrogen and oxygen atoms in total. The normalized spacial score (nSPS) is 37.4. The van der Waals surface area contributed by atoms with Crippen molar-refractivity contribution in [2.24, 2.45) is 29.1 Å². The molecule has 1 saturated carbocycles. The van der Waals surface area contributed by atoms with Crippen LogP contribution in [0, 0.1) is 29.1 Å². The molecular formula is C16H23NO2. The molecule has 4 unspecified atom stereocenters. The van der Waals surface area contributed by atoms with Crippen LogP contribution in [-0.2, 0) is 9.59 Å². The maximum Gasteiger partial charge on any atom is 0.234 e. The summed E-state index contributed by atoms with van der Waals surface area (Å²) in [6, 6.07) is 0. The third kappa shape index (κ3) is 1.44. The van der Waals surface area contributed by atoms with Crippen LogP contribution in [0.25, 0.3) is 0 Å². The van der Waals surface area contributed by atoms with Crippen LogP contribution in [0.4, 0.5) is 0 Å². The van der Waals surface area contributed by atoms with Gasteiger partial charge in [0.1, 0.15) is 0 Å². The first-order valence-corrected chi connectivity index (χ1v) is 7.22. The van der Waals surface area contributed by atoms with Gasteiger partial charge in [-0.25, -0.2) is 0 Å². The van der Waals surface area contributed by atoms with Crippen LogP contribution in [0.1, 0.15) is 41.0 Å². The molecule has 0 aromatic heterocycles. The fourth-order valence-corrected chi connectivity index (χ4v) is 3.79. The summed E-state index contributed by atoms with van der Waals surface area (Å²) in [5.41, 5.74) is -0.561. The number of hydrogen-bond donors (Lipinski definition) is 0. The minimum absolute atomic E-state index is 0.0618. The van der Waals surface area contributed by atoms with Gasteiger partial charge in [0, 0.05) is 5.54 Å². The van der Waals surface area contributed by atoms with Crippen LogP contribution in [-0.4, -0.2) is 22.3 Å². The summed E-state index contributed by atoms with van der Waals surface area (Å²) in [5.74, 6) is 0.561. The first kappa shape index (κ1) is 12.9. The van der Waals surface area contributed by atoms with Gasteiger partial charge in [0.2, 0.25) is 11.8 Å². The highest BCUT2D eigenvalue weighted by atomic mass is 16.2. The van der Waals surface area contributed by atoms with Gasteiger partial charge in [-0.2, -0.15) is 0 Å². The van der Waals surface area contributed by atoms with E-state index in [9.17, 15) is 9.59 Å². The Bertz CT molecular complexity index is 453. The number of allylic oxidation sites excluding steroid dienone is 2. The standard InChI is InChI=1S/C16H23NO2/c1-15(2,3)16(4,5)17-13(18)11-9-6-7-10(8-9)12(11)14(17)19/h6-7,9-12H,8H2,1-5H3. The third-order valence-corrected chi connectivity index (χ3v) is 5.86. The van der Waals surface area contributed by atoms with Crippen molar-refractivity contribution in [3.63, 3.8) is 0 Å². The van der Waals surface area contributed by atoms with Crippen LogP contribution in [0.5, 0.6) is 0 Å². The number of likely N-dealkylation sites (tertiary alicyclic amines) is 1. The molecule has 3 rings (SSSR count). The SMILES string of the molecule is CC(C)(C)C(C)(C)N1C(=O)C2C3C=CC(C3)C2C1=O. The van der Waals surface area contributed by atoms with E-state index < -0.39 is 5.54 Å². The van der Waals surface area contributed by atoms with E-state index in [-0.39, 0.29) is 29.1 Å². The molecule has 1 saturated heterocycles. The molecular weight excluding hydrogens is 238 g/mol. The molecule has 19 heavy (non-hydrogen) atoms. The lowest BCUT2D eigenvalue weighted by Gasteiger charge is -2.45. The average Bonchev–Trinajstić information content (AvgIpc) is 2.90. The van der Waals surface area contributed by atoms with Crippen LogP contribution >= 0.6 is 0 Å². The lowest BCUT2D eigenvalue weighted by atomic mass is 9.75. The van der Waals surface area contributed by atoms with Gasteiger partial charge in [0.25, 0.3) is 0 Å². The topological polar surface area (TPSA) is 37.4 Å². The smallest absolute Gasteiger partial charge is 0.234 e. The quantitative estimate of drug-likeness (QED) is 0.537. The third-order valence-electron chi connectivity index (χ3n) is 5.86. The second-order valence-corrected chi connectivity index (χ2v) is 7.82. The Hall–Kier alpha value is -1.12. The fourth-order valence-electron chi connectivity index (χ4n) is 3.79. The second-order valence-electron chi connectivity index (χ2n) is 7.82. The monoisotopic (exact) mass is 261 g/mol. The molecule has 4 atom stereocenters. The predicted octanol–water partition coefficient (Wildman–Crippen LogP) is 2.62. The van der Waals surface area contributed by atoms with Crippen molar-refractivity contribution in [2.75, 3.05) is 0 Å². The Morgan fingerprint density at radius 2 is 1.37 bits per heavy atom. The number of carbonyl (C=O) groups excluding carboxylic acids is 2. The summed E-state index contributed by atoms with van der Waals surface area (Å²) < 4.78 is 0. The lowest BCUT2D eigenvalue weighted by Crippen LogP contribution is -2.56. The molecule has 0 spiro atoms. The Morgan fingerprint density at radius 3 is 1.74 bits per heavy atom. The van der Waals surface area contributed by atoms with Crippen molar-refractivity contribution >= 4 is 11.8 Å². The summed E-state index contributed by atoms with van der Waals surface area (Å²) in [6.07, 6.45) is 5.28. The fraction of sp³-hybridized carbons (Fsp3) is 0.750. The zero-order valence-corrected chi connectivity index (χ0v) is 12.4. The summed E-state index contributed by atoms with van der Waals surface area (Å²) in [7, 11) is 0. The zero-order chi connectivity index (χ0) is 14.2. The lowest BCUT2D eigenvalue weighted by molar-refractivity contribution is -0.151. The molecule has 0 aromatic rings. The van der Waals surface area contributed by atoms with Gasteiger partial charge in [-0.05, 0) is 37.5 Å². The van der Waals surface area contributed by atoms with Crippen LogP contribution in [0.3, 0.4) is 0 Å². The largest absolute Gasteiger partial charge is 0.276 e. The van der Waals surface area contributed by atoms with Crippen LogP contribution in [0.15, 0.2) is 12.2 Å². The molecule has 0 aromatic carbocycles. The molecule has 0 radical (unpaired) electrons. The molecule has 1 heterocycles. The molecule has 2 amide bonds. The Kier molecular flexibility index (Phi) is 2.37. The van der Waals surface area contributed by atoms with E-state index in [1.165, 1.54) is 0 Å². The minimum Gasteiger partial charge on any atom is -0.276 e. The van der Waals surface area contributed by atoms with Gasteiger partial charge in [0.05, 0.1) is 11.8 Å². The zero-order valence-electron chi connectivity index (χ0n) is 12.4. The number of fused-ring (bicyclic) bond motifs is 5. The Labute approximate surface area is 115 Å². The average molecular weight is 261 g/mol. The molecule has 2 bridgehead atoms. The Balaban J connectivity index is 1.99. The summed E-state index contributed by atoms with van der Waals surface area (Å²) in [5, 5.41) is 0. The number of rotatable bonds is 1. The maximum absolute atomic E-state index is 12.8. The van der Waals surface area contributed by atoms with Crippen molar-refractivity contribution in [3.05, 3.63) is 12.2 Å². The highest BCUT2D eigenvalue weighted by molar-refractivity contribution is 6.07. The number of imide groups is 1. The molecule has 3 aliphatic rings. The summed E-state index contributed by atoms with van der Waals surface area (Å²) in [6.45, 7) is 10.3. The van der Waals surface area contributed by atoms with Crippen molar-refractivity contribution in [1.29, 1.82) is 0 Å². The molecule has 2 aliphatic carbocycles. The summed E-state index contributed by atoms with van der Waals surface area (Å²) in [4.78, 5) is 27.1.